The third kappa shape index (κ3) is 5.65. The summed E-state index contributed by atoms with van der Waals surface area (Å²) in [7, 11) is 0. The van der Waals surface area contributed by atoms with Crippen molar-refractivity contribution in [3.8, 4) is 0 Å². The lowest BCUT2D eigenvalue weighted by Gasteiger charge is -2.43. The fraction of sp³-hybridized carbons (Fsp3) is 0.407. The number of aromatic amines is 1. The summed E-state index contributed by atoms with van der Waals surface area (Å²) >= 11 is 0. The Balaban J connectivity index is 0.000000405. The molecule has 10 heteroatoms. The van der Waals surface area contributed by atoms with E-state index in [1.165, 1.54) is 51.0 Å². The molecule has 37 heavy (non-hydrogen) atoms. The number of amides is 1. The van der Waals surface area contributed by atoms with Crippen molar-refractivity contribution in [2.75, 3.05) is 25.0 Å². The van der Waals surface area contributed by atoms with E-state index in [9.17, 15) is 18.0 Å². The second kappa shape index (κ2) is 10.5. The number of aromatic nitrogens is 1. The van der Waals surface area contributed by atoms with Crippen LogP contribution >= 0.6 is 0 Å². The minimum atomic E-state index is -5.08. The lowest BCUT2D eigenvalue weighted by molar-refractivity contribution is -0.192. The summed E-state index contributed by atoms with van der Waals surface area (Å²) < 4.78 is 32.7. The van der Waals surface area contributed by atoms with Crippen LogP contribution in [0.15, 0.2) is 48.7 Å². The highest BCUT2D eigenvalue weighted by molar-refractivity contribution is 6.06. The Morgan fingerprint density at radius 1 is 1.08 bits per heavy atom. The maximum absolute atomic E-state index is 12.9. The number of hydrogen-bond donors (Lipinski definition) is 3. The van der Waals surface area contributed by atoms with Gasteiger partial charge in [-0.05, 0) is 62.6 Å². The van der Waals surface area contributed by atoms with E-state index in [2.05, 4.69) is 47.4 Å². The first-order valence-corrected chi connectivity index (χ1v) is 12.5. The van der Waals surface area contributed by atoms with Gasteiger partial charge in [0.05, 0.1) is 6.04 Å². The van der Waals surface area contributed by atoms with Crippen LogP contribution in [0.1, 0.15) is 48.5 Å². The number of hydrogen-bond acceptors (Lipinski definition) is 3. The highest BCUT2D eigenvalue weighted by Crippen LogP contribution is 2.38. The van der Waals surface area contributed by atoms with Gasteiger partial charge < -0.3 is 15.4 Å². The van der Waals surface area contributed by atoms with Gasteiger partial charge >= 0.3 is 12.1 Å². The second-order valence-electron chi connectivity index (χ2n) is 9.77. The first kappa shape index (κ1) is 26.7. The number of carboxylic acid groups (broad SMARTS) is 1. The largest absolute Gasteiger partial charge is 0.490 e. The third-order valence-electron chi connectivity index (χ3n) is 7.31. The zero-order valence-electron chi connectivity index (χ0n) is 20.9. The Morgan fingerprint density at radius 3 is 2.38 bits per heavy atom. The molecule has 0 spiro atoms. The zero-order valence-corrected chi connectivity index (χ0v) is 20.9. The van der Waals surface area contributed by atoms with Crippen LogP contribution in [0.5, 0.6) is 0 Å². The summed E-state index contributed by atoms with van der Waals surface area (Å²) in [6.07, 6.45) is 1.96. The summed E-state index contributed by atoms with van der Waals surface area (Å²) in [5.41, 5.74) is 5.11. The molecule has 5 rings (SSSR count). The molecule has 1 aromatic heterocycles. The summed E-state index contributed by atoms with van der Waals surface area (Å²) in [6, 6.07) is 15.0. The lowest BCUT2D eigenvalue weighted by Crippen LogP contribution is -2.61. The van der Waals surface area contributed by atoms with Gasteiger partial charge in [0.15, 0.2) is 5.69 Å². The molecule has 3 aromatic rings. The molecule has 198 valence electrons. The van der Waals surface area contributed by atoms with Crippen LogP contribution < -0.4 is 9.91 Å². The molecule has 0 saturated carbocycles. The van der Waals surface area contributed by atoms with E-state index in [1.54, 1.807) is 0 Å². The number of benzene rings is 2. The van der Waals surface area contributed by atoms with Gasteiger partial charge in [-0.15, -0.1) is 5.01 Å². The van der Waals surface area contributed by atoms with Crippen molar-refractivity contribution >= 4 is 34.2 Å². The van der Waals surface area contributed by atoms with E-state index in [4.69, 9.17) is 9.90 Å². The molecular weight excluding hydrogens is 485 g/mol. The van der Waals surface area contributed by atoms with Gasteiger partial charge in [-0.25, -0.2) is 9.39 Å². The first-order chi connectivity index (χ1) is 17.5. The van der Waals surface area contributed by atoms with Crippen LogP contribution in [0.2, 0.25) is 0 Å². The topological polar surface area (TPSA) is 85.4 Å². The number of rotatable bonds is 4. The maximum Gasteiger partial charge on any atom is 0.490 e. The third-order valence-corrected chi connectivity index (χ3v) is 7.31. The fourth-order valence-electron chi connectivity index (χ4n) is 5.44. The van der Waals surface area contributed by atoms with E-state index in [0.29, 0.717) is 11.6 Å². The molecule has 3 heterocycles. The number of H-pyrrole nitrogens is 1. The average molecular weight is 518 g/mol. The maximum atomic E-state index is 12.9. The number of nitrogens with one attached hydrogen (secondary N) is 2. The molecule has 2 aliphatic rings. The van der Waals surface area contributed by atoms with Crippen molar-refractivity contribution in [3.63, 3.8) is 0 Å². The number of aliphatic carboxylic acids is 1. The highest BCUT2D eigenvalue weighted by Gasteiger charge is 2.45. The van der Waals surface area contributed by atoms with Crippen molar-refractivity contribution in [1.29, 1.82) is 0 Å². The van der Waals surface area contributed by atoms with Crippen LogP contribution in [0.4, 0.5) is 24.5 Å². The van der Waals surface area contributed by atoms with Crippen LogP contribution in [0, 0.1) is 6.92 Å². The molecular formula is C27H32F3N4O3+. The molecule has 0 bridgehead atoms. The molecule has 2 aliphatic heterocycles. The number of carboxylic acids is 1. The minimum Gasteiger partial charge on any atom is -0.475 e. The molecule has 0 radical (unpaired) electrons. The van der Waals surface area contributed by atoms with Crippen molar-refractivity contribution in [3.05, 3.63) is 59.8 Å². The van der Waals surface area contributed by atoms with Gasteiger partial charge in [0, 0.05) is 59.9 Å². The Morgan fingerprint density at radius 2 is 1.78 bits per heavy atom. The zero-order chi connectivity index (χ0) is 26.8. The van der Waals surface area contributed by atoms with Gasteiger partial charge in [-0.3, -0.25) is 4.79 Å². The molecule has 1 amide bonds. The molecule has 2 fully saturated rings. The number of fused-ring (bicyclic) bond motifs is 1. The number of halogens is 3. The average Bonchev–Trinajstić information content (AvgIpc) is 3.60. The number of nitrogens with zero attached hydrogens (tertiary/aromatic N) is 2. The molecule has 3 N–H and O–H groups in total. The molecule has 2 aromatic carbocycles. The Kier molecular flexibility index (Phi) is 7.61. The van der Waals surface area contributed by atoms with Crippen molar-refractivity contribution in [2.45, 2.75) is 51.7 Å². The molecule has 0 unspecified atom stereocenters. The number of carbonyl (C=O) groups excluding carboxylic acids is 1. The predicted octanol–water partition coefficient (Wildman–Crippen LogP) is 5.86. The first-order valence-electron chi connectivity index (χ1n) is 12.5. The van der Waals surface area contributed by atoms with Gasteiger partial charge in [-0.2, -0.15) is 13.2 Å². The normalized spacial score (nSPS) is 19.4. The summed E-state index contributed by atoms with van der Waals surface area (Å²) in [5, 5.41) is 14.0. The van der Waals surface area contributed by atoms with E-state index in [1.807, 2.05) is 30.5 Å². The van der Waals surface area contributed by atoms with Crippen molar-refractivity contribution in [2.24, 2.45) is 0 Å². The predicted molar refractivity (Wildman–Crippen MR) is 137 cm³/mol. The number of quaternary nitrogens is 1. The van der Waals surface area contributed by atoms with Gasteiger partial charge in [0.1, 0.15) is 13.1 Å². The van der Waals surface area contributed by atoms with Crippen LogP contribution in [0.25, 0.3) is 10.9 Å². The Hall–Kier alpha value is -3.37. The second-order valence-corrected chi connectivity index (χ2v) is 9.77. The quantitative estimate of drug-likeness (QED) is 0.379. The molecule has 7 nitrogen and oxygen atoms in total. The number of alkyl halides is 3. The van der Waals surface area contributed by atoms with E-state index in [0.717, 1.165) is 26.7 Å². The standard InChI is InChI=1S/C25H30N4O.C2HF3O2/c1-18-16-22(29(14-3-4-15-29)28-13-5-6-19(28)2)8-10-23(18)27-25(30)21-7-9-24-20(17-21)11-12-26-24;3-2(4,5)1(6)7/h7-12,16-17,19H,3-6,13-15H2,1-2H3,(H-,26,27,30);(H,6,7)/p+1/t19-;/m0./s1. The highest BCUT2D eigenvalue weighted by atomic mass is 19.4. The molecule has 2 saturated heterocycles. The number of aryl methyl sites for hydroxylation is 1. The Labute approximate surface area is 213 Å². The van der Waals surface area contributed by atoms with Crippen LogP contribution in [-0.4, -0.2) is 58.8 Å². The molecule has 0 aliphatic carbocycles. The van der Waals surface area contributed by atoms with Crippen LogP contribution in [-0.2, 0) is 4.79 Å². The SMILES string of the molecule is Cc1cc([N+]2(N3CCC[C@@H]3C)CCCC2)ccc1NC(=O)c1ccc2[nH]ccc2c1.O=C(O)C(F)(F)F. The summed E-state index contributed by atoms with van der Waals surface area (Å²) in [6.45, 7) is 8.03. The van der Waals surface area contributed by atoms with Crippen LogP contribution in [0.3, 0.4) is 0 Å². The lowest BCUT2D eigenvalue weighted by atomic mass is 10.1. The smallest absolute Gasteiger partial charge is 0.475 e. The minimum absolute atomic E-state index is 0.0628. The van der Waals surface area contributed by atoms with Gasteiger partial charge in [0.2, 0.25) is 0 Å². The van der Waals surface area contributed by atoms with Crippen molar-refractivity contribution < 1.29 is 27.9 Å². The summed E-state index contributed by atoms with van der Waals surface area (Å²) in [4.78, 5) is 24.9. The van der Waals surface area contributed by atoms with E-state index < -0.39 is 12.1 Å². The van der Waals surface area contributed by atoms with Gasteiger partial charge in [-0.1, -0.05) is 0 Å². The van der Waals surface area contributed by atoms with E-state index in [-0.39, 0.29) is 5.91 Å². The van der Waals surface area contributed by atoms with Crippen molar-refractivity contribution in [1.82, 2.24) is 14.6 Å². The monoisotopic (exact) mass is 517 g/mol. The van der Waals surface area contributed by atoms with E-state index >= 15 is 0 Å². The Bertz CT molecular complexity index is 1280. The summed E-state index contributed by atoms with van der Waals surface area (Å²) in [5.74, 6) is -2.82. The number of anilines is 1. The molecule has 1 atom stereocenters. The fourth-order valence-corrected chi connectivity index (χ4v) is 5.44. The van der Waals surface area contributed by atoms with Gasteiger partial charge in [0.25, 0.3) is 5.91 Å². The number of carbonyl (C=O) groups is 2.